The van der Waals surface area contributed by atoms with Crippen LogP contribution in [-0.2, 0) is 19.6 Å². The summed E-state index contributed by atoms with van der Waals surface area (Å²) >= 11 is 1.53. The van der Waals surface area contributed by atoms with Crippen LogP contribution in [0.15, 0.2) is 34.1 Å². The molecule has 1 aromatic rings. The van der Waals surface area contributed by atoms with E-state index in [4.69, 9.17) is 0 Å². The number of esters is 1. The molecule has 0 aliphatic carbocycles. The number of sulfonamides is 1. The highest BCUT2D eigenvalue weighted by atomic mass is 32.2. The molecule has 1 atom stereocenters. The minimum Gasteiger partial charge on any atom is -0.468 e. The number of hydrogen-bond donors (Lipinski definition) is 1. The first kappa shape index (κ1) is 17.0. The number of nitrogens with one attached hydrogen (secondary N) is 1. The smallest absolute Gasteiger partial charge is 0.324 e. The number of carbonyl (C=O) groups excluding carboxylic acids is 1. The van der Waals surface area contributed by atoms with E-state index in [9.17, 15) is 13.2 Å². The summed E-state index contributed by atoms with van der Waals surface area (Å²) in [5.74, 6) is -0.799. The van der Waals surface area contributed by atoms with Crippen LogP contribution in [0.2, 0.25) is 0 Å². The second-order valence-corrected chi connectivity index (χ2v) is 7.14. The van der Waals surface area contributed by atoms with Crippen molar-refractivity contribution < 1.29 is 17.9 Å². The Bertz CT molecular complexity index is 552. The quantitative estimate of drug-likeness (QED) is 0.641. The molecule has 1 aromatic carbocycles. The van der Waals surface area contributed by atoms with E-state index in [0.29, 0.717) is 0 Å². The Morgan fingerprint density at radius 1 is 1.25 bits per heavy atom. The summed E-state index contributed by atoms with van der Waals surface area (Å²) in [6.45, 7) is 3.50. The van der Waals surface area contributed by atoms with E-state index >= 15 is 0 Å². The third kappa shape index (κ3) is 4.22. The van der Waals surface area contributed by atoms with Gasteiger partial charge in [-0.1, -0.05) is 13.8 Å². The SMILES string of the molecule is COC(=O)[C@H](NS(=O)(=O)c1ccc(SC)cc1)C(C)C. The van der Waals surface area contributed by atoms with E-state index in [1.165, 1.54) is 31.0 Å². The summed E-state index contributed by atoms with van der Waals surface area (Å²) in [5.41, 5.74) is 0. The molecule has 0 unspecified atom stereocenters. The topological polar surface area (TPSA) is 72.5 Å². The second-order valence-electron chi connectivity index (χ2n) is 4.54. The van der Waals surface area contributed by atoms with Crippen molar-refractivity contribution in [1.82, 2.24) is 4.72 Å². The van der Waals surface area contributed by atoms with Gasteiger partial charge in [0, 0.05) is 4.90 Å². The van der Waals surface area contributed by atoms with Gasteiger partial charge in [-0.3, -0.25) is 4.79 Å². The van der Waals surface area contributed by atoms with Crippen molar-refractivity contribution in [3.8, 4) is 0 Å². The van der Waals surface area contributed by atoms with Crippen LogP contribution in [0, 0.1) is 5.92 Å². The van der Waals surface area contributed by atoms with E-state index in [0.717, 1.165) is 4.90 Å². The number of hydrogen-bond acceptors (Lipinski definition) is 5. The lowest BCUT2D eigenvalue weighted by Crippen LogP contribution is -2.44. The fraction of sp³-hybridized carbons (Fsp3) is 0.462. The lowest BCUT2D eigenvalue weighted by atomic mass is 10.1. The molecule has 0 saturated heterocycles. The van der Waals surface area contributed by atoms with Gasteiger partial charge in [-0.2, -0.15) is 4.72 Å². The lowest BCUT2D eigenvalue weighted by molar-refractivity contribution is -0.143. The Kier molecular flexibility index (Phi) is 6.04. The van der Waals surface area contributed by atoms with Crippen LogP contribution < -0.4 is 4.72 Å². The second kappa shape index (κ2) is 7.10. The van der Waals surface area contributed by atoms with Gasteiger partial charge in [0.05, 0.1) is 12.0 Å². The zero-order chi connectivity index (χ0) is 15.3. The first-order valence-corrected chi connectivity index (χ1v) is 8.77. The molecule has 0 aliphatic heterocycles. The molecular formula is C13H19NO4S2. The van der Waals surface area contributed by atoms with Gasteiger partial charge in [-0.15, -0.1) is 11.8 Å². The first-order valence-electron chi connectivity index (χ1n) is 6.06. The third-order valence-electron chi connectivity index (χ3n) is 2.77. The van der Waals surface area contributed by atoms with Crippen LogP contribution in [-0.4, -0.2) is 33.8 Å². The maximum absolute atomic E-state index is 12.2. The average Bonchev–Trinajstić information content (AvgIpc) is 2.43. The Hall–Kier alpha value is -1.05. The fourth-order valence-electron chi connectivity index (χ4n) is 1.57. The molecule has 0 saturated carbocycles. The number of thioether (sulfide) groups is 1. The number of ether oxygens (including phenoxy) is 1. The monoisotopic (exact) mass is 317 g/mol. The molecular weight excluding hydrogens is 298 g/mol. The molecule has 0 bridgehead atoms. The molecule has 20 heavy (non-hydrogen) atoms. The van der Waals surface area contributed by atoms with Crippen LogP contribution in [0.1, 0.15) is 13.8 Å². The molecule has 5 nitrogen and oxygen atoms in total. The number of carbonyl (C=O) groups is 1. The Morgan fingerprint density at radius 2 is 1.80 bits per heavy atom. The van der Waals surface area contributed by atoms with Gasteiger partial charge in [0.2, 0.25) is 10.0 Å². The summed E-state index contributed by atoms with van der Waals surface area (Å²) in [4.78, 5) is 12.7. The zero-order valence-corrected chi connectivity index (χ0v) is 13.5. The highest BCUT2D eigenvalue weighted by Gasteiger charge is 2.28. The molecule has 0 aliphatic rings. The van der Waals surface area contributed by atoms with Crippen LogP contribution in [0.3, 0.4) is 0 Å². The van der Waals surface area contributed by atoms with Crippen LogP contribution >= 0.6 is 11.8 Å². The summed E-state index contributed by atoms with van der Waals surface area (Å²) in [5, 5.41) is 0. The minimum atomic E-state index is -3.74. The van der Waals surface area contributed by atoms with Crippen molar-refractivity contribution in [2.45, 2.75) is 29.7 Å². The van der Waals surface area contributed by atoms with Crippen molar-refractivity contribution in [3.05, 3.63) is 24.3 Å². The largest absolute Gasteiger partial charge is 0.468 e. The normalized spacial score (nSPS) is 13.2. The molecule has 1 rings (SSSR count). The Morgan fingerprint density at radius 3 is 2.20 bits per heavy atom. The number of benzene rings is 1. The van der Waals surface area contributed by atoms with Crippen molar-refractivity contribution in [2.24, 2.45) is 5.92 Å². The lowest BCUT2D eigenvalue weighted by Gasteiger charge is -2.19. The number of methoxy groups -OCH3 is 1. The Balaban J connectivity index is 3.00. The summed E-state index contributed by atoms with van der Waals surface area (Å²) < 4.78 is 31.5. The van der Waals surface area contributed by atoms with Crippen LogP contribution in [0.5, 0.6) is 0 Å². The molecule has 7 heteroatoms. The molecule has 0 heterocycles. The van der Waals surface area contributed by atoms with E-state index in [2.05, 4.69) is 9.46 Å². The van der Waals surface area contributed by atoms with E-state index in [-0.39, 0.29) is 10.8 Å². The van der Waals surface area contributed by atoms with Gasteiger partial charge in [0.25, 0.3) is 0 Å². The van der Waals surface area contributed by atoms with Crippen molar-refractivity contribution >= 4 is 27.8 Å². The van der Waals surface area contributed by atoms with E-state index in [1.54, 1.807) is 26.0 Å². The van der Waals surface area contributed by atoms with Crippen molar-refractivity contribution in [1.29, 1.82) is 0 Å². The molecule has 1 N–H and O–H groups in total. The standard InChI is InChI=1S/C13H19NO4S2/c1-9(2)12(13(15)18-3)14-20(16,17)11-7-5-10(19-4)6-8-11/h5-9,12,14H,1-4H3/t12-/m1/s1. The molecule has 112 valence electrons. The average molecular weight is 317 g/mol. The van der Waals surface area contributed by atoms with Crippen molar-refractivity contribution in [2.75, 3.05) is 13.4 Å². The predicted octanol–water partition coefficient (Wildman–Crippen LogP) is 1.88. The van der Waals surface area contributed by atoms with Gasteiger partial charge in [0.1, 0.15) is 6.04 Å². The van der Waals surface area contributed by atoms with Gasteiger partial charge < -0.3 is 4.74 Å². The molecule has 0 amide bonds. The van der Waals surface area contributed by atoms with Gasteiger partial charge in [-0.25, -0.2) is 8.42 Å². The zero-order valence-electron chi connectivity index (χ0n) is 11.9. The summed E-state index contributed by atoms with van der Waals surface area (Å²) in [7, 11) is -2.51. The maximum Gasteiger partial charge on any atom is 0.324 e. The first-order chi connectivity index (χ1) is 9.31. The number of rotatable bonds is 6. The Labute approximate surface area is 124 Å². The summed E-state index contributed by atoms with van der Waals surface area (Å²) in [6.07, 6.45) is 1.91. The minimum absolute atomic E-state index is 0.129. The van der Waals surface area contributed by atoms with Crippen molar-refractivity contribution in [3.63, 3.8) is 0 Å². The van der Waals surface area contributed by atoms with Gasteiger partial charge in [-0.05, 0) is 36.4 Å². The molecule has 0 fully saturated rings. The molecule has 0 radical (unpaired) electrons. The third-order valence-corrected chi connectivity index (χ3v) is 4.97. The van der Waals surface area contributed by atoms with Gasteiger partial charge >= 0.3 is 5.97 Å². The predicted molar refractivity (Wildman–Crippen MR) is 79.2 cm³/mol. The summed E-state index contributed by atoms with van der Waals surface area (Å²) in [6, 6.07) is 5.58. The highest BCUT2D eigenvalue weighted by molar-refractivity contribution is 7.98. The van der Waals surface area contributed by atoms with E-state index in [1.807, 2.05) is 6.26 Å². The van der Waals surface area contributed by atoms with E-state index < -0.39 is 22.0 Å². The van der Waals surface area contributed by atoms with Crippen LogP contribution in [0.4, 0.5) is 0 Å². The van der Waals surface area contributed by atoms with Gasteiger partial charge in [0.15, 0.2) is 0 Å². The molecule has 0 aromatic heterocycles. The highest BCUT2D eigenvalue weighted by Crippen LogP contribution is 2.18. The molecule has 0 spiro atoms. The fourth-order valence-corrected chi connectivity index (χ4v) is 3.31. The maximum atomic E-state index is 12.2. The van der Waals surface area contributed by atoms with Crippen LogP contribution in [0.25, 0.3) is 0 Å².